The lowest BCUT2D eigenvalue weighted by Crippen LogP contribution is -2.04. The number of hydrogen-bond donors (Lipinski definition) is 0. The van der Waals surface area contributed by atoms with Crippen molar-refractivity contribution in [3.63, 3.8) is 0 Å². The van der Waals surface area contributed by atoms with Gasteiger partial charge < -0.3 is 10.2 Å². The van der Waals surface area contributed by atoms with Crippen LogP contribution in [0.5, 0.6) is 0 Å². The normalized spacial score (nSPS) is 9.18. The van der Waals surface area contributed by atoms with Gasteiger partial charge in [-0.3, -0.25) is 0 Å². The summed E-state index contributed by atoms with van der Waals surface area (Å²) >= 11 is 0. The molecule has 0 saturated heterocycles. The molecule has 0 aliphatic heterocycles. The summed E-state index contributed by atoms with van der Waals surface area (Å²) in [5, 5.41) is 0. The summed E-state index contributed by atoms with van der Waals surface area (Å²) in [7, 11) is 0. The Hall–Kier alpha value is -2.13. The van der Waals surface area contributed by atoms with E-state index in [9.17, 15) is 4.79 Å². The van der Waals surface area contributed by atoms with E-state index in [2.05, 4.69) is 0 Å². The van der Waals surface area contributed by atoms with E-state index in [1.807, 2.05) is 48.5 Å². The summed E-state index contributed by atoms with van der Waals surface area (Å²) in [5.74, 6) is -0.288. The van der Waals surface area contributed by atoms with Crippen molar-refractivity contribution in [2.75, 3.05) is 0 Å². The van der Waals surface area contributed by atoms with E-state index in [0.29, 0.717) is 12.2 Å². The van der Waals surface area contributed by atoms with Crippen LogP contribution >= 0.6 is 0 Å². The van der Waals surface area contributed by atoms with Gasteiger partial charge in [0.25, 0.3) is 0 Å². The van der Waals surface area contributed by atoms with Gasteiger partial charge in [0.2, 0.25) is 0 Å². The van der Waals surface area contributed by atoms with E-state index in [1.54, 1.807) is 12.1 Å². The van der Waals surface area contributed by atoms with Crippen molar-refractivity contribution < 1.29 is 15.0 Å². The fourth-order valence-corrected chi connectivity index (χ4v) is 1.38. The van der Waals surface area contributed by atoms with E-state index in [0.717, 1.165) is 5.56 Å². The topological polar surface area (TPSA) is 57.8 Å². The van der Waals surface area contributed by atoms with Crippen molar-refractivity contribution in [3.05, 3.63) is 71.8 Å². The van der Waals surface area contributed by atoms with Crippen molar-refractivity contribution in [3.8, 4) is 0 Å². The number of carbonyl (C=O) groups is 1. The molecular weight excluding hydrogens is 216 g/mol. The van der Waals surface area contributed by atoms with Crippen molar-refractivity contribution >= 4 is 5.97 Å². The third-order valence-corrected chi connectivity index (χ3v) is 2.22. The van der Waals surface area contributed by atoms with Crippen molar-refractivity contribution in [2.24, 2.45) is 0 Å². The molecule has 2 rings (SSSR count). The van der Waals surface area contributed by atoms with E-state index < -0.39 is 0 Å². The molecule has 0 fully saturated rings. The van der Waals surface area contributed by atoms with Crippen LogP contribution in [0.3, 0.4) is 0 Å². The Balaban J connectivity index is 0.00000144. The molecule has 0 spiro atoms. The molecule has 0 bridgehead atoms. The summed E-state index contributed by atoms with van der Waals surface area (Å²) in [4.78, 5) is 11.6. The maximum atomic E-state index is 11.6. The lowest BCUT2D eigenvalue weighted by Gasteiger charge is -2.04. The van der Waals surface area contributed by atoms with Gasteiger partial charge in [0.05, 0.1) is 5.56 Å². The van der Waals surface area contributed by atoms with Crippen LogP contribution in [0.2, 0.25) is 0 Å². The van der Waals surface area contributed by atoms with Crippen molar-refractivity contribution in [1.82, 2.24) is 0 Å². The molecule has 0 aliphatic carbocycles. The standard InChI is InChI=1S/C14H12O2.H2O/c15-14(13-9-5-2-6-10-13)16-11-12-7-3-1-4-8-12;/h1-10H,11H2;1H2. The van der Waals surface area contributed by atoms with E-state index in [1.165, 1.54) is 0 Å². The molecule has 3 nitrogen and oxygen atoms in total. The second-order valence-corrected chi connectivity index (χ2v) is 3.43. The molecule has 0 heterocycles. The van der Waals surface area contributed by atoms with Gasteiger partial charge >= 0.3 is 5.97 Å². The Labute approximate surface area is 100.0 Å². The van der Waals surface area contributed by atoms with Gasteiger partial charge in [-0.2, -0.15) is 0 Å². The minimum absolute atomic E-state index is 0. The highest BCUT2D eigenvalue weighted by Crippen LogP contribution is 2.05. The summed E-state index contributed by atoms with van der Waals surface area (Å²) in [6.07, 6.45) is 0. The molecule has 0 unspecified atom stereocenters. The van der Waals surface area contributed by atoms with Crippen molar-refractivity contribution in [1.29, 1.82) is 0 Å². The van der Waals surface area contributed by atoms with Gasteiger partial charge in [0.15, 0.2) is 0 Å². The number of ether oxygens (including phenoxy) is 1. The first-order chi connectivity index (χ1) is 7.86. The van der Waals surface area contributed by atoms with Crippen LogP contribution in [0.15, 0.2) is 60.7 Å². The second kappa shape index (κ2) is 6.45. The first-order valence-electron chi connectivity index (χ1n) is 5.12. The average Bonchev–Trinajstić information content (AvgIpc) is 2.38. The minimum atomic E-state index is -0.288. The maximum Gasteiger partial charge on any atom is 0.338 e. The van der Waals surface area contributed by atoms with Gasteiger partial charge in [-0.25, -0.2) is 4.79 Å². The zero-order chi connectivity index (χ0) is 11.2. The Morgan fingerprint density at radius 2 is 1.41 bits per heavy atom. The van der Waals surface area contributed by atoms with Crippen LogP contribution < -0.4 is 0 Å². The Morgan fingerprint density at radius 1 is 0.882 bits per heavy atom. The molecule has 17 heavy (non-hydrogen) atoms. The highest BCUT2D eigenvalue weighted by atomic mass is 16.5. The number of esters is 1. The monoisotopic (exact) mass is 230 g/mol. The van der Waals surface area contributed by atoms with Crippen LogP contribution in [0, 0.1) is 0 Å². The van der Waals surface area contributed by atoms with Crippen LogP contribution in [0.1, 0.15) is 15.9 Å². The van der Waals surface area contributed by atoms with Crippen molar-refractivity contribution in [2.45, 2.75) is 6.61 Å². The summed E-state index contributed by atoms with van der Waals surface area (Å²) < 4.78 is 5.18. The van der Waals surface area contributed by atoms with Crippen LogP contribution in [0.25, 0.3) is 0 Å². The number of hydrogen-bond acceptors (Lipinski definition) is 2. The molecule has 3 heteroatoms. The number of rotatable bonds is 3. The van der Waals surface area contributed by atoms with Gasteiger partial charge in [-0.05, 0) is 17.7 Å². The molecule has 88 valence electrons. The fraction of sp³-hybridized carbons (Fsp3) is 0.0714. The third-order valence-electron chi connectivity index (χ3n) is 2.22. The quantitative estimate of drug-likeness (QED) is 0.759. The fourth-order valence-electron chi connectivity index (χ4n) is 1.38. The Bertz CT molecular complexity index is 451. The zero-order valence-electron chi connectivity index (χ0n) is 9.30. The summed E-state index contributed by atoms with van der Waals surface area (Å²) in [6.45, 7) is 0.314. The van der Waals surface area contributed by atoms with E-state index >= 15 is 0 Å². The molecule has 0 aliphatic rings. The van der Waals surface area contributed by atoms with E-state index in [4.69, 9.17) is 4.74 Å². The van der Waals surface area contributed by atoms with Gasteiger partial charge in [-0.1, -0.05) is 48.5 Å². The summed E-state index contributed by atoms with van der Waals surface area (Å²) in [5.41, 5.74) is 1.57. The lowest BCUT2D eigenvalue weighted by molar-refractivity contribution is 0.0472. The first kappa shape index (κ1) is 12.9. The molecule has 2 aromatic rings. The molecular formula is C14H14O3. The van der Waals surface area contributed by atoms with Gasteiger partial charge in [-0.15, -0.1) is 0 Å². The molecule has 0 atom stereocenters. The van der Waals surface area contributed by atoms with Crippen LogP contribution in [-0.2, 0) is 11.3 Å². The maximum absolute atomic E-state index is 11.6. The molecule has 0 aromatic heterocycles. The molecule has 2 aromatic carbocycles. The SMILES string of the molecule is O.O=C(OCc1ccccc1)c1ccccc1. The largest absolute Gasteiger partial charge is 0.457 e. The highest BCUT2D eigenvalue weighted by molar-refractivity contribution is 5.89. The van der Waals surface area contributed by atoms with Crippen LogP contribution in [0.4, 0.5) is 0 Å². The number of carbonyl (C=O) groups excluding carboxylic acids is 1. The molecule has 0 saturated carbocycles. The predicted octanol–water partition coefficient (Wildman–Crippen LogP) is 2.22. The molecule has 0 radical (unpaired) electrons. The van der Waals surface area contributed by atoms with E-state index in [-0.39, 0.29) is 11.4 Å². The molecule has 0 amide bonds. The third kappa shape index (κ3) is 3.74. The van der Waals surface area contributed by atoms with Gasteiger partial charge in [0, 0.05) is 0 Å². The second-order valence-electron chi connectivity index (χ2n) is 3.43. The van der Waals surface area contributed by atoms with Gasteiger partial charge in [0.1, 0.15) is 6.61 Å². The van der Waals surface area contributed by atoms with Crippen LogP contribution in [-0.4, -0.2) is 11.4 Å². The Morgan fingerprint density at radius 3 is 2.00 bits per heavy atom. The average molecular weight is 230 g/mol. The zero-order valence-corrected chi connectivity index (χ0v) is 9.30. The molecule has 2 N–H and O–H groups in total. The smallest absolute Gasteiger partial charge is 0.338 e. The predicted molar refractivity (Wildman–Crippen MR) is 65.6 cm³/mol. The number of benzene rings is 2. The Kier molecular flexibility index (Phi) is 4.91. The summed E-state index contributed by atoms with van der Waals surface area (Å²) in [6, 6.07) is 18.6. The highest BCUT2D eigenvalue weighted by Gasteiger charge is 2.05. The minimum Gasteiger partial charge on any atom is -0.457 e. The first-order valence-corrected chi connectivity index (χ1v) is 5.12. The lowest BCUT2D eigenvalue weighted by atomic mass is 10.2.